The predicted molar refractivity (Wildman–Crippen MR) is 120 cm³/mol. The molecule has 1 aromatic heterocycles. The van der Waals surface area contributed by atoms with Gasteiger partial charge < -0.3 is 16.2 Å². The lowest BCUT2D eigenvalue weighted by molar-refractivity contribution is 0.259. The number of benzene rings is 1. The first kappa shape index (κ1) is 23.8. The summed E-state index contributed by atoms with van der Waals surface area (Å²) in [7, 11) is -3.55. The van der Waals surface area contributed by atoms with Gasteiger partial charge in [-0.3, -0.25) is 4.72 Å². The fraction of sp³-hybridized carbons (Fsp3) is 0.550. The number of nitrogens with one attached hydrogen (secondary N) is 2. The van der Waals surface area contributed by atoms with E-state index in [0.717, 1.165) is 23.1 Å². The van der Waals surface area contributed by atoms with Gasteiger partial charge in [-0.1, -0.05) is 32.9 Å². The smallest absolute Gasteiger partial charge is 0.241 e. The predicted octanol–water partition coefficient (Wildman–Crippen LogP) is 2.30. The minimum absolute atomic E-state index is 0.0538. The van der Waals surface area contributed by atoms with Gasteiger partial charge in [-0.2, -0.15) is 15.0 Å². The number of hydrogen-bond donors (Lipinski definition) is 4. The molecule has 1 aromatic carbocycles. The molecule has 2 atom stereocenters. The molecule has 0 aliphatic heterocycles. The first-order chi connectivity index (χ1) is 14.0. The zero-order valence-corrected chi connectivity index (χ0v) is 19.0. The zero-order valence-electron chi connectivity index (χ0n) is 18.2. The standard InChI is InChI=1S/C20H32N6O3S/c1-12(2)8-16(11-27)22-19-23-18(24-20(25-19)26-30(5,28)29)9-14(4)15-7-6-13(3)17(21)10-15/h6-7,10,12,14,16,27H,8-9,11,21H2,1-5H3,(H2,22,23,24,25,26)/t14?,16-/m1/s1. The van der Waals surface area contributed by atoms with Crippen molar-refractivity contribution in [3.8, 4) is 0 Å². The Labute approximate surface area is 178 Å². The van der Waals surface area contributed by atoms with Crippen molar-refractivity contribution in [2.24, 2.45) is 5.92 Å². The van der Waals surface area contributed by atoms with Gasteiger partial charge in [-0.25, -0.2) is 8.42 Å². The van der Waals surface area contributed by atoms with Crippen molar-refractivity contribution < 1.29 is 13.5 Å². The topological polar surface area (TPSA) is 143 Å². The Morgan fingerprint density at radius 2 is 1.80 bits per heavy atom. The molecule has 0 radical (unpaired) electrons. The first-order valence-corrected chi connectivity index (χ1v) is 11.8. The lowest BCUT2D eigenvalue weighted by Crippen LogP contribution is -2.27. The van der Waals surface area contributed by atoms with Gasteiger partial charge >= 0.3 is 0 Å². The summed E-state index contributed by atoms with van der Waals surface area (Å²) in [6.45, 7) is 7.99. The van der Waals surface area contributed by atoms with Crippen molar-refractivity contribution in [3.05, 3.63) is 35.2 Å². The molecular weight excluding hydrogens is 404 g/mol. The Morgan fingerprint density at radius 1 is 1.13 bits per heavy atom. The summed E-state index contributed by atoms with van der Waals surface area (Å²) >= 11 is 0. The van der Waals surface area contributed by atoms with Gasteiger partial charge in [0.05, 0.1) is 18.9 Å². The molecule has 0 aliphatic rings. The van der Waals surface area contributed by atoms with Crippen LogP contribution in [-0.4, -0.2) is 47.4 Å². The third kappa shape index (κ3) is 7.42. The van der Waals surface area contributed by atoms with Gasteiger partial charge in [0.1, 0.15) is 5.82 Å². The van der Waals surface area contributed by atoms with E-state index < -0.39 is 10.0 Å². The molecule has 1 unspecified atom stereocenters. The molecule has 166 valence electrons. The van der Waals surface area contributed by atoms with Crippen molar-refractivity contribution in [3.63, 3.8) is 0 Å². The number of anilines is 3. The van der Waals surface area contributed by atoms with Gasteiger partial charge in [-0.15, -0.1) is 0 Å². The maximum atomic E-state index is 11.7. The minimum atomic E-state index is -3.55. The Kier molecular flexibility index (Phi) is 7.96. The van der Waals surface area contributed by atoms with Crippen LogP contribution in [0.25, 0.3) is 0 Å². The summed E-state index contributed by atoms with van der Waals surface area (Å²) in [5.41, 5.74) is 8.80. The third-order valence-corrected chi connectivity index (χ3v) is 5.18. The van der Waals surface area contributed by atoms with Crippen molar-refractivity contribution >= 4 is 27.6 Å². The number of sulfonamides is 1. The van der Waals surface area contributed by atoms with E-state index in [2.05, 4.69) is 38.8 Å². The van der Waals surface area contributed by atoms with Crippen LogP contribution in [0.15, 0.2) is 18.2 Å². The number of hydrogen-bond acceptors (Lipinski definition) is 8. The Morgan fingerprint density at radius 3 is 2.37 bits per heavy atom. The van der Waals surface area contributed by atoms with Gasteiger partial charge in [0.25, 0.3) is 0 Å². The molecule has 1 heterocycles. The Bertz CT molecular complexity index is 965. The van der Waals surface area contributed by atoms with Crippen LogP contribution in [0.4, 0.5) is 17.6 Å². The molecule has 10 heteroatoms. The third-order valence-electron chi connectivity index (χ3n) is 4.63. The monoisotopic (exact) mass is 436 g/mol. The molecule has 5 N–H and O–H groups in total. The van der Waals surface area contributed by atoms with Gasteiger partial charge in [0, 0.05) is 12.1 Å². The largest absolute Gasteiger partial charge is 0.399 e. The second-order valence-electron chi connectivity index (χ2n) is 8.15. The van der Waals surface area contributed by atoms with Crippen LogP contribution in [-0.2, 0) is 16.4 Å². The highest BCUT2D eigenvalue weighted by atomic mass is 32.2. The summed E-state index contributed by atoms with van der Waals surface area (Å²) in [5.74, 6) is 1.02. The number of nitrogen functional groups attached to an aromatic ring is 1. The van der Waals surface area contributed by atoms with E-state index in [4.69, 9.17) is 5.73 Å². The summed E-state index contributed by atoms with van der Waals surface area (Å²) < 4.78 is 25.7. The summed E-state index contributed by atoms with van der Waals surface area (Å²) in [4.78, 5) is 12.9. The van der Waals surface area contributed by atoms with Crippen molar-refractivity contribution in [2.45, 2.75) is 52.5 Å². The molecule has 9 nitrogen and oxygen atoms in total. The van der Waals surface area contributed by atoms with E-state index in [9.17, 15) is 13.5 Å². The highest BCUT2D eigenvalue weighted by Crippen LogP contribution is 2.24. The lowest BCUT2D eigenvalue weighted by Gasteiger charge is -2.19. The minimum Gasteiger partial charge on any atom is -0.399 e. The summed E-state index contributed by atoms with van der Waals surface area (Å²) in [6.07, 6.45) is 2.22. The zero-order chi connectivity index (χ0) is 22.5. The van der Waals surface area contributed by atoms with Crippen LogP contribution < -0.4 is 15.8 Å². The van der Waals surface area contributed by atoms with E-state index in [-0.39, 0.29) is 30.5 Å². The van der Waals surface area contributed by atoms with E-state index in [1.54, 1.807) is 0 Å². The molecule has 0 fully saturated rings. The number of aromatic nitrogens is 3. The Hall–Kier alpha value is -2.46. The molecule has 0 saturated carbocycles. The van der Waals surface area contributed by atoms with Crippen LogP contribution in [0.1, 0.15) is 50.1 Å². The average molecular weight is 437 g/mol. The second-order valence-corrected chi connectivity index (χ2v) is 9.90. The molecule has 0 spiro atoms. The van der Waals surface area contributed by atoms with Crippen molar-refractivity contribution in [1.82, 2.24) is 15.0 Å². The quantitative estimate of drug-likeness (QED) is 0.415. The summed E-state index contributed by atoms with van der Waals surface area (Å²) in [5, 5.41) is 12.7. The lowest BCUT2D eigenvalue weighted by atomic mass is 9.96. The highest BCUT2D eigenvalue weighted by Gasteiger charge is 2.17. The maximum Gasteiger partial charge on any atom is 0.241 e. The van der Waals surface area contributed by atoms with Crippen LogP contribution in [0.2, 0.25) is 0 Å². The van der Waals surface area contributed by atoms with Crippen LogP contribution in [0, 0.1) is 12.8 Å². The molecule has 2 rings (SSSR count). The summed E-state index contributed by atoms with van der Waals surface area (Å²) in [6, 6.07) is 5.66. The number of aryl methyl sites for hydroxylation is 1. The second kappa shape index (κ2) is 10.0. The molecule has 30 heavy (non-hydrogen) atoms. The van der Waals surface area contributed by atoms with Crippen LogP contribution >= 0.6 is 0 Å². The number of nitrogens with zero attached hydrogens (tertiary/aromatic N) is 3. The van der Waals surface area contributed by atoms with Crippen molar-refractivity contribution in [2.75, 3.05) is 28.6 Å². The van der Waals surface area contributed by atoms with Gasteiger partial charge in [0.15, 0.2) is 0 Å². The van der Waals surface area contributed by atoms with Crippen molar-refractivity contribution in [1.29, 1.82) is 0 Å². The maximum absolute atomic E-state index is 11.7. The molecule has 0 aliphatic carbocycles. The Balaban J connectivity index is 2.31. The van der Waals surface area contributed by atoms with E-state index in [1.165, 1.54) is 0 Å². The number of rotatable bonds is 10. The number of nitrogens with two attached hydrogens (primary N) is 1. The normalized spacial score (nSPS) is 13.8. The van der Waals surface area contributed by atoms with Gasteiger partial charge in [-0.05, 0) is 42.4 Å². The average Bonchev–Trinajstić information content (AvgIpc) is 2.61. The molecule has 0 bridgehead atoms. The van der Waals surface area contributed by atoms with E-state index >= 15 is 0 Å². The van der Waals surface area contributed by atoms with E-state index in [1.807, 2.05) is 32.0 Å². The first-order valence-electron chi connectivity index (χ1n) is 9.93. The van der Waals surface area contributed by atoms with E-state index in [0.29, 0.717) is 24.6 Å². The molecule has 2 aromatic rings. The SMILES string of the molecule is Cc1ccc(C(C)Cc2nc(N[C@@H](CO)CC(C)C)nc(NS(C)(=O)=O)n2)cc1N. The molecule has 0 saturated heterocycles. The molecular formula is C20H32N6O3S. The van der Waals surface area contributed by atoms with Gasteiger partial charge in [0.2, 0.25) is 21.9 Å². The number of aliphatic hydroxyl groups excluding tert-OH is 1. The molecule has 0 amide bonds. The fourth-order valence-corrected chi connectivity index (χ4v) is 3.50. The van der Waals surface area contributed by atoms with Crippen LogP contribution in [0.3, 0.4) is 0 Å². The fourth-order valence-electron chi connectivity index (χ4n) is 3.08. The van der Waals surface area contributed by atoms with Crippen LogP contribution in [0.5, 0.6) is 0 Å². The highest BCUT2D eigenvalue weighted by molar-refractivity contribution is 7.91. The number of aliphatic hydroxyl groups is 1.